The Kier molecular flexibility index (Phi) is 6.08. The van der Waals surface area contributed by atoms with Crippen LogP contribution in [-0.4, -0.2) is 9.38 Å². The first kappa shape index (κ1) is 30.7. The van der Waals surface area contributed by atoms with Crippen molar-refractivity contribution < 1.29 is 0 Å². The first-order chi connectivity index (χ1) is 27.0. The predicted molar refractivity (Wildman–Crippen MR) is 228 cm³/mol. The topological polar surface area (TPSA) is 17.3 Å². The molecular weight excluding hydrogens is 665 g/mol. The number of fused-ring (bicyclic) bond motifs is 17. The molecule has 2 heterocycles. The van der Waals surface area contributed by atoms with Crippen molar-refractivity contribution >= 4 is 38.4 Å². The average Bonchev–Trinajstić information content (AvgIpc) is 3.78. The standard InChI is InChI=1S/C53H36N2/c1-52(2)42-21-6-8-23-44(42)53(45-24-9-7-22-43(45)52)41-20-5-3-18-39(41)50-36(19-14-25-46(50)53)35-16-13-15-33(31-35)34-29-30-37-38-17-4-11-27-48(38)55-49-28-12-10-26-47(49)54-51(55)40(37)32-34/h3-32H,1-2H3. The van der Waals surface area contributed by atoms with E-state index in [0.717, 1.165) is 22.1 Å². The molecule has 10 aromatic rings. The lowest BCUT2D eigenvalue weighted by Gasteiger charge is -2.46. The highest BCUT2D eigenvalue weighted by atomic mass is 15.0. The average molecular weight is 701 g/mol. The zero-order valence-corrected chi connectivity index (χ0v) is 30.7. The highest BCUT2D eigenvalue weighted by molar-refractivity contribution is 6.14. The summed E-state index contributed by atoms with van der Waals surface area (Å²) in [5.74, 6) is 0. The number of rotatable bonds is 2. The van der Waals surface area contributed by atoms with E-state index in [4.69, 9.17) is 4.98 Å². The van der Waals surface area contributed by atoms with Crippen molar-refractivity contribution in [1.29, 1.82) is 0 Å². The van der Waals surface area contributed by atoms with E-state index in [1.807, 2.05) is 0 Å². The maximum absolute atomic E-state index is 5.20. The fraction of sp³-hybridized carbons (Fsp3) is 0.0755. The summed E-state index contributed by atoms with van der Waals surface area (Å²) in [5.41, 5.74) is 19.6. The number of para-hydroxylation sites is 3. The van der Waals surface area contributed by atoms with Crippen LogP contribution in [0.3, 0.4) is 0 Å². The molecule has 0 fully saturated rings. The second kappa shape index (κ2) is 10.9. The highest BCUT2D eigenvalue weighted by Gasteiger charge is 2.53. The summed E-state index contributed by atoms with van der Waals surface area (Å²) in [6, 6.07) is 67.7. The van der Waals surface area contributed by atoms with Crippen molar-refractivity contribution in [2.45, 2.75) is 24.7 Å². The van der Waals surface area contributed by atoms with E-state index in [0.29, 0.717) is 0 Å². The monoisotopic (exact) mass is 700 g/mol. The van der Waals surface area contributed by atoms with E-state index in [9.17, 15) is 0 Å². The summed E-state index contributed by atoms with van der Waals surface area (Å²) < 4.78 is 2.33. The van der Waals surface area contributed by atoms with Crippen molar-refractivity contribution in [3.8, 4) is 33.4 Å². The van der Waals surface area contributed by atoms with E-state index in [1.54, 1.807) is 0 Å². The van der Waals surface area contributed by atoms with Crippen molar-refractivity contribution in [2.75, 3.05) is 0 Å². The van der Waals surface area contributed by atoms with Crippen LogP contribution >= 0.6 is 0 Å². The Morgan fingerprint density at radius 3 is 1.78 bits per heavy atom. The zero-order valence-electron chi connectivity index (χ0n) is 30.7. The second-order valence-corrected chi connectivity index (χ2v) is 15.9. The molecule has 0 radical (unpaired) electrons. The molecule has 0 atom stereocenters. The first-order valence-electron chi connectivity index (χ1n) is 19.3. The summed E-state index contributed by atoms with van der Waals surface area (Å²) in [4.78, 5) is 5.20. The number of aromatic nitrogens is 2. The van der Waals surface area contributed by atoms with Gasteiger partial charge in [-0.1, -0.05) is 166 Å². The summed E-state index contributed by atoms with van der Waals surface area (Å²) in [6.07, 6.45) is 0. The van der Waals surface area contributed by atoms with E-state index in [2.05, 4.69) is 200 Å². The number of pyridine rings is 1. The molecule has 2 aromatic heterocycles. The SMILES string of the molecule is CC1(C)c2ccccc2C2(c3ccccc3-c3c(-c4cccc(-c5ccc6c7ccccc7n7c8ccccc8nc7c6c5)c4)cccc32)c2ccccc21. The Labute approximate surface area is 320 Å². The molecule has 2 nitrogen and oxygen atoms in total. The van der Waals surface area contributed by atoms with Gasteiger partial charge in [0.1, 0.15) is 5.65 Å². The molecule has 0 N–H and O–H groups in total. The minimum Gasteiger partial charge on any atom is -0.292 e. The zero-order chi connectivity index (χ0) is 36.5. The molecule has 55 heavy (non-hydrogen) atoms. The van der Waals surface area contributed by atoms with Gasteiger partial charge in [-0.2, -0.15) is 0 Å². The van der Waals surface area contributed by atoms with Gasteiger partial charge in [0.25, 0.3) is 0 Å². The van der Waals surface area contributed by atoms with Crippen LogP contribution in [0, 0.1) is 0 Å². The Bertz CT molecular complexity index is 3200. The van der Waals surface area contributed by atoms with Gasteiger partial charge in [-0.3, -0.25) is 4.40 Å². The van der Waals surface area contributed by atoms with E-state index < -0.39 is 5.41 Å². The summed E-state index contributed by atoms with van der Waals surface area (Å²) >= 11 is 0. The van der Waals surface area contributed by atoms with Crippen molar-refractivity contribution in [1.82, 2.24) is 9.38 Å². The Hall–Kier alpha value is -6.77. The van der Waals surface area contributed by atoms with Gasteiger partial charge in [-0.15, -0.1) is 0 Å². The fourth-order valence-corrected chi connectivity index (χ4v) is 10.5. The fourth-order valence-electron chi connectivity index (χ4n) is 10.5. The Morgan fingerprint density at radius 1 is 0.400 bits per heavy atom. The normalized spacial score (nSPS) is 14.7. The first-order valence-corrected chi connectivity index (χ1v) is 19.3. The van der Waals surface area contributed by atoms with Crippen LogP contribution in [0.15, 0.2) is 182 Å². The minimum absolute atomic E-state index is 0.122. The molecule has 2 heteroatoms. The number of imidazole rings is 1. The van der Waals surface area contributed by atoms with Gasteiger partial charge in [0.15, 0.2) is 0 Å². The quantitative estimate of drug-likeness (QED) is 0.164. The molecule has 0 bridgehead atoms. The molecule has 8 aromatic carbocycles. The number of hydrogen-bond acceptors (Lipinski definition) is 1. The van der Waals surface area contributed by atoms with Crippen molar-refractivity contribution in [3.05, 3.63) is 215 Å². The molecule has 0 unspecified atom stereocenters. The molecule has 1 spiro atoms. The number of hydrogen-bond donors (Lipinski definition) is 0. The van der Waals surface area contributed by atoms with Gasteiger partial charge >= 0.3 is 0 Å². The van der Waals surface area contributed by atoms with Crippen LogP contribution in [0.25, 0.3) is 71.7 Å². The number of benzene rings is 8. The lowest BCUT2D eigenvalue weighted by molar-refractivity contribution is 0.563. The molecular formula is C53H36N2. The van der Waals surface area contributed by atoms with Gasteiger partial charge in [0.2, 0.25) is 0 Å². The van der Waals surface area contributed by atoms with Crippen LogP contribution in [0.4, 0.5) is 0 Å². The summed E-state index contributed by atoms with van der Waals surface area (Å²) in [7, 11) is 0. The Morgan fingerprint density at radius 2 is 0.982 bits per heavy atom. The molecule has 0 aliphatic heterocycles. The van der Waals surface area contributed by atoms with Gasteiger partial charge < -0.3 is 0 Å². The maximum Gasteiger partial charge on any atom is 0.146 e. The van der Waals surface area contributed by atoms with Crippen LogP contribution in [0.2, 0.25) is 0 Å². The third-order valence-corrected chi connectivity index (χ3v) is 12.8. The van der Waals surface area contributed by atoms with E-state index in [1.165, 1.54) is 83.1 Å². The van der Waals surface area contributed by atoms with Crippen molar-refractivity contribution in [3.63, 3.8) is 0 Å². The van der Waals surface area contributed by atoms with Gasteiger partial charge in [-0.25, -0.2) is 4.98 Å². The van der Waals surface area contributed by atoms with Gasteiger partial charge in [0.05, 0.1) is 22.0 Å². The largest absolute Gasteiger partial charge is 0.292 e. The summed E-state index contributed by atoms with van der Waals surface area (Å²) in [6.45, 7) is 4.77. The lowest BCUT2D eigenvalue weighted by atomic mass is 9.55. The second-order valence-electron chi connectivity index (χ2n) is 15.9. The molecule has 12 rings (SSSR count). The predicted octanol–water partition coefficient (Wildman–Crippen LogP) is 13.1. The van der Waals surface area contributed by atoms with Crippen LogP contribution in [0.5, 0.6) is 0 Å². The van der Waals surface area contributed by atoms with Crippen LogP contribution < -0.4 is 0 Å². The van der Waals surface area contributed by atoms with Gasteiger partial charge in [0, 0.05) is 16.2 Å². The molecule has 2 aliphatic carbocycles. The van der Waals surface area contributed by atoms with Crippen molar-refractivity contribution in [2.24, 2.45) is 0 Å². The molecule has 0 saturated heterocycles. The molecule has 258 valence electrons. The maximum atomic E-state index is 5.20. The van der Waals surface area contributed by atoms with E-state index in [-0.39, 0.29) is 5.41 Å². The smallest absolute Gasteiger partial charge is 0.146 e. The third-order valence-electron chi connectivity index (χ3n) is 12.8. The Balaban J connectivity index is 1.09. The molecule has 2 aliphatic rings. The molecule has 0 saturated carbocycles. The van der Waals surface area contributed by atoms with Crippen LogP contribution in [0.1, 0.15) is 47.2 Å². The van der Waals surface area contributed by atoms with Crippen LogP contribution in [-0.2, 0) is 10.8 Å². The molecule has 0 amide bonds. The van der Waals surface area contributed by atoms with Gasteiger partial charge in [-0.05, 0) is 102 Å². The van der Waals surface area contributed by atoms with E-state index >= 15 is 0 Å². The third kappa shape index (κ3) is 3.91. The lowest BCUT2D eigenvalue weighted by Crippen LogP contribution is -2.40. The summed E-state index contributed by atoms with van der Waals surface area (Å²) in [5, 5.41) is 3.61. The number of nitrogens with zero attached hydrogens (tertiary/aromatic N) is 2. The highest BCUT2D eigenvalue weighted by Crippen LogP contribution is 2.63. The minimum atomic E-state index is -0.414.